The molecule has 0 saturated heterocycles. The highest BCUT2D eigenvalue weighted by Crippen LogP contribution is 2.39. The lowest BCUT2D eigenvalue weighted by Gasteiger charge is -2.22. The van der Waals surface area contributed by atoms with Crippen molar-refractivity contribution >= 4 is 5.78 Å². The summed E-state index contributed by atoms with van der Waals surface area (Å²) in [6, 6.07) is 16.7. The molecule has 2 fully saturated rings. The van der Waals surface area contributed by atoms with Gasteiger partial charge in [0.05, 0.1) is 5.69 Å². The van der Waals surface area contributed by atoms with Gasteiger partial charge in [0.2, 0.25) is 0 Å². The van der Waals surface area contributed by atoms with Crippen molar-refractivity contribution in [2.24, 2.45) is 23.5 Å². The van der Waals surface area contributed by atoms with Gasteiger partial charge < -0.3 is 5.73 Å². The number of benzene rings is 1. The molecule has 0 bridgehead atoms. The van der Waals surface area contributed by atoms with Crippen LogP contribution in [0.4, 0.5) is 0 Å². The van der Waals surface area contributed by atoms with Gasteiger partial charge in [-0.3, -0.25) is 9.78 Å². The first-order valence-corrected chi connectivity index (χ1v) is 9.50. The number of aromatic nitrogens is 1. The van der Waals surface area contributed by atoms with Gasteiger partial charge in [0.25, 0.3) is 0 Å². The predicted molar refractivity (Wildman–Crippen MR) is 99.9 cm³/mol. The van der Waals surface area contributed by atoms with Crippen LogP contribution in [0.5, 0.6) is 0 Å². The molecule has 0 amide bonds. The molecule has 1 aromatic heterocycles. The van der Waals surface area contributed by atoms with Gasteiger partial charge in [-0.15, -0.1) is 0 Å². The molecule has 3 atom stereocenters. The highest BCUT2D eigenvalue weighted by atomic mass is 16.1. The number of ketones is 1. The standard InChI is InChI=1S/C22H26N2O/c23-20-12-11-17(13-22(25)16-9-10-16)19(20)14-18-7-4-8-21(24-18)15-5-2-1-3-6-15/h1-8,16-17,19-20H,9-14,23H2. The number of hydrogen-bond donors (Lipinski definition) is 1. The Hall–Kier alpha value is -2.00. The second-order valence-corrected chi connectivity index (χ2v) is 7.69. The number of nitrogens with two attached hydrogens (primary N) is 1. The van der Waals surface area contributed by atoms with E-state index in [0.29, 0.717) is 23.5 Å². The van der Waals surface area contributed by atoms with E-state index in [2.05, 4.69) is 30.3 Å². The third-order valence-corrected chi connectivity index (χ3v) is 5.84. The van der Waals surface area contributed by atoms with Crippen LogP contribution >= 0.6 is 0 Å². The van der Waals surface area contributed by atoms with Gasteiger partial charge in [0.1, 0.15) is 5.78 Å². The first-order valence-electron chi connectivity index (χ1n) is 9.50. The molecule has 0 spiro atoms. The molecule has 130 valence electrons. The third kappa shape index (κ3) is 3.82. The van der Waals surface area contributed by atoms with Crippen LogP contribution in [-0.2, 0) is 11.2 Å². The molecule has 2 aliphatic carbocycles. The summed E-state index contributed by atoms with van der Waals surface area (Å²) >= 11 is 0. The van der Waals surface area contributed by atoms with Gasteiger partial charge in [-0.2, -0.15) is 0 Å². The molecule has 1 aromatic carbocycles. The number of hydrogen-bond acceptors (Lipinski definition) is 3. The second kappa shape index (κ2) is 7.09. The fraction of sp³-hybridized carbons (Fsp3) is 0.455. The largest absolute Gasteiger partial charge is 0.327 e. The van der Waals surface area contributed by atoms with Gasteiger partial charge in [-0.25, -0.2) is 0 Å². The van der Waals surface area contributed by atoms with Crippen molar-refractivity contribution in [3.8, 4) is 11.3 Å². The summed E-state index contributed by atoms with van der Waals surface area (Å²) in [6.45, 7) is 0. The van der Waals surface area contributed by atoms with E-state index in [4.69, 9.17) is 10.7 Å². The summed E-state index contributed by atoms with van der Waals surface area (Å²) < 4.78 is 0. The molecule has 3 heteroatoms. The van der Waals surface area contributed by atoms with E-state index in [1.165, 1.54) is 0 Å². The average Bonchev–Trinajstić information content (AvgIpc) is 3.44. The monoisotopic (exact) mass is 334 g/mol. The minimum atomic E-state index is 0.194. The average molecular weight is 334 g/mol. The summed E-state index contributed by atoms with van der Waals surface area (Å²) in [4.78, 5) is 17.1. The molecule has 3 nitrogen and oxygen atoms in total. The van der Waals surface area contributed by atoms with E-state index in [9.17, 15) is 4.79 Å². The molecular formula is C22H26N2O. The van der Waals surface area contributed by atoms with Crippen LogP contribution in [0.25, 0.3) is 11.3 Å². The van der Waals surface area contributed by atoms with Crippen LogP contribution in [0.1, 0.15) is 37.8 Å². The normalized spacial score (nSPS) is 25.9. The molecule has 3 unspecified atom stereocenters. The Balaban J connectivity index is 1.49. The van der Waals surface area contributed by atoms with E-state index in [1.54, 1.807) is 0 Å². The van der Waals surface area contributed by atoms with E-state index in [0.717, 1.165) is 55.5 Å². The van der Waals surface area contributed by atoms with E-state index in [1.807, 2.05) is 18.2 Å². The molecule has 4 rings (SSSR count). The van der Waals surface area contributed by atoms with Crippen LogP contribution < -0.4 is 5.73 Å². The summed E-state index contributed by atoms with van der Waals surface area (Å²) in [5.41, 5.74) is 9.63. The van der Waals surface area contributed by atoms with Crippen molar-refractivity contribution < 1.29 is 4.79 Å². The Kier molecular flexibility index (Phi) is 4.67. The van der Waals surface area contributed by atoms with Gasteiger partial charge in [-0.1, -0.05) is 36.4 Å². The van der Waals surface area contributed by atoms with Crippen molar-refractivity contribution in [1.82, 2.24) is 4.98 Å². The highest BCUT2D eigenvalue weighted by Gasteiger charge is 2.38. The van der Waals surface area contributed by atoms with Crippen LogP contribution in [0.15, 0.2) is 48.5 Å². The van der Waals surface area contributed by atoms with E-state index < -0.39 is 0 Å². The van der Waals surface area contributed by atoms with Gasteiger partial charge in [-0.05, 0) is 56.1 Å². The van der Waals surface area contributed by atoms with Crippen LogP contribution in [0.2, 0.25) is 0 Å². The summed E-state index contributed by atoms with van der Waals surface area (Å²) in [6.07, 6.45) is 5.92. The fourth-order valence-corrected chi connectivity index (χ4v) is 4.19. The number of pyridine rings is 1. The lowest BCUT2D eigenvalue weighted by Crippen LogP contribution is -2.30. The first kappa shape index (κ1) is 16.5. The number of carbonyl (C=O) groups is 1. The highest BCUT2D eigenvalue weighted by molar-refractivity contribution is 5.83. The van der Waals surface area contributed by atoms with Gasteiger partial charge in [0, 0.05) is 29.6 Å². The van der Waals surface area contributed by atoms with Crippen molar-refractivity contribution in [2.75, 3.05) is 0 Å². The molecule has 0 radical (unpaired) electrons. The topological polar surface area (TPSA) is 56.0 Å². The first-order chi connectivity index (χ1) is 12.2. The smallest absolute Gasteiger partial charge is 0.136 e. The molecule has 2 aromatic rings. The SMILES string of the molecule is NC1CCC(CC(=O)C2CC2)C1Cc1cccc(-c2ccccc2)n1. The van der Waals surface area contributed by atoms with Crippen molar-refractivity contribution in [3.63, 3.8) is 0 Å². The molecule has 25 heavy (non-hydrogen) atoms. The minimum Gasteiger partial charge on any atom is -0.327 e. The lowest BCUT2D eigenvalue weighted by molar-refractivity contribution is -0.121. The van der Waals surface area contributed by atoms with Crippen LogP contribution in [-0.4, -0.2) is 16.8 Å². The van der Waals surface area contributed by atoms with Crippen LogP contribution in [0, 0.1) is 17.8 Å². The van der Waals surface area contributed by atoms with Gasteiger partial charge >= 0.3 is 0 Å². The Bertz CT molecular complexity index is 739. The van der Waals surface area contributed by atoms with E-state index in [-0.39, 0.29) is 6.04 Å². The van der Waals surface area contributed by atoms with Crippen molar-refractivity contribution in [1.29, 1.82) is 0 Å². The third-order valence-electron chi connectivity index (χ3n) is 5.84. The Morgan fingerprint density at radius 2 is 1.80 bits per heavy atom. The zero-order valence-electron chi connectivity index (χ0n) is 14.6. The lowest BCUT2D eigenvalue weighted by atomic mass is 9.85. The summed E-state index contributed by atoms with van der Waals surface area (Å²) in [7, 11) is 0. The maximum absolute atomic E-state index is 12.2. The summed E-state index contributed by atoms with van der Waals surface area (Å²) in [5.74, 6) is 1.64. The molecule has 2 aliphatic rings. The zero-order valence-corrected chi connectivity index (χ0v) is 14.6. The Morgan fingerprint density at radius 1 is 1.00 bits per heavy atom. The maximum Gasteiger partial charge on any atom is 0.136 e. The predicted octanol–water partition coefficient (Wildman–Crippen LogP) is 4.01. The molecule has 2 N–H and O–H groups in total. The van der Waals surface area contributed by atoms with Crippen LogP contribution in [0.3, 0.4) is 0 Å². The van der Waals surface area contributed by atoms with E-state index >= 15 is 0 Å². The zero-order chi connectivity index (χ0) is 17.2. The van der Waals surface area contributed by atoms with Crippen molar-refractivity contribution in [3.05, 3.63) is 54.2 Å². The fourth-order valence-electron chi connectivity index (χ4n) is 4.19. The molecule has 2 saturated carbocycles. The Morgan fingerprint density at radius 3 is 2.56 bits per heavy atom. The second-order valence-electron chi connectivity index (χ2n) is 7.69. The molecule has 1 heterocycles. The number of carbonyl (C=O) groups excluding carboxylic acids is 1. The maximum atomic E-state index is 12.2. The number of Topliss-reactive ketones (excluding diaryl/α,β-unsaturated/α-hetero) is 1. The minimum absolute atomic E-state index is 0.194. The molecular weight excluding hydrogens is 308 g/mol. The summed E-state index contributed by atoms with van der Waals surface area (Å²) in [5, 5.41) is 0. The number of rotatable bonds is 6. The molecule has 0 aliphatic heterocycles. The Labute approximate surface area is 149 Å². The number of nitrogens with zero attached hydrogens (tertiary/aromatic N) is 1. The van der Waals surface area contributed by atoms with Gasteiger partial charge in [0.15, 0.2) is 0 Å². The van der Waals surface area contributed by atoms with Crippen molar-refractivity contribution in [2.45, 2.75) is 44.6 Å². The quantitative estimate of drug-likeness (QED) is 0.868.